The summed E-state index contributed by atoms with van der Waals surface area (Å²) < 4.78 is 0. The van der Waals surface area contributed by atoms with Gasteiger partial charge < -0.3 is 20.4 Å². The lowest BCUT2D eigenvalue weighted by atomic mass is 9.88. The van der Waals surface area contributed by atoms with E-state index in [4.69, 9.17) is 0 Å². The molecule has 3 aliphatic heterocycles. The molecule has 3 aliphatic rings. The number of likely N-dealkylation sites (tertiary alicyclic amines) is 1. The van der Waals surface area contributed by atoms with E-state index in [-0.39, 0.29) is 5.91 Å². The maximum atomic E-state index is 13.9. The first-order valence-electron chi connectivity index (χ1n) is 12.7. The maximum absolute atomic E-state index is 13.9. The molecule has 5 amide bonds. The zero-order valence-electron chi connectivity index (χ0n) is 20.7. The number of carbonyl (C=O) groups is 4. The molecule has 4 atom stereocenters. The highest BCUT2D eigenvalue weighted by Crippen LogP contribution is 2.45. The van der Waals surface area contributed by atoms with Crippen LogP contribution in [0.15, 0.2) is 66.7 Å². The minimum atomic E-state index is -1.08. The number of amides is 5. The molecular weight excluding hydrogens is 470 g/mol. The van der Waals surface area contributed by atoms with Gasteiger partial charge in [0.25, 0.3) is 0 Å². The molecule has 2 aromatic rings. The molecule has 2 aromatic carbocycles. The minimum absolute atomic E-state index is 0.297. The molecule has 0 aliphatic carbocycles. The van der Waals surface area contributed by atoms with Gasteiger partial charge in [-0.3, -0.25) is 14.4 Å². The van der Waals surface area contributed by atoms with Gasteiger partial charge >= 0.3 is 6.03 Å². The van der Waals surface area contributed by atoms with Gasteiger partial charge in [0.1, 0.15) is 6.04 Å². The molecule has 9 nitrogen and oxygen atoms in total. The molecule has 2 N–H and O–H groups in total. The zero-order valence-corrected chi connectivity index (χ0v) is 20.7. The summed E-state index contributed by atoms with van der Waals surface area (Å²) in [6, 6.07) is 16.0. The molecule has 192 valence electrons. The molecule has 0 spiro atoms. The molecular formula is C28H31N5O4. The van der Waals surface area contributed by atoms with Crippen molar-refractivity contribution in [1.29, 1.82) is 0 Å². The number of piperazine rings is 1. The van der Waals surface area contributed by atoms with Crippen molar-refractivity contribution in [2.24, 2.45) is 11.8 Å². The number of rotatable bonds is 5. The van der Waals surface area contributed by atoms with Crippen molar-refractivity contribution in [2.45, 2.75) is 19.0 Å². The third-order valence-electron chi connectivity index (χ3n) is 7.27. The number of nitrogens with one attached hydrogen (secondary N) is 2. The Kier molecular flexibility index (Phi) is 7.05. The SMILES string of the molecule is CCNC(=O)N1C(C=Cc2ccccc2)C2C(=O)N(c3ccccc3)C(=O)C2C1C(=O)N1CCNCC1. The summed E-state index contributed by atoms with van der Waals surface area (Å²) in [6.45, 7) is 4.37. The van der Waals surface area contributed by atoms with Crippen LogP contribution < -0.4 is 15.5 Å². The number of fused-ring (bicyclic) bond motifs is 1. The van der Waals surface area contributed by atoms with E-state index in [1.165, 1.54) is 9.80 Å². The highest BCUT2D eigenvalue weighted by molar-refractivity contribution is 6.24. The highest BCUT2D eigenvalue weighted by atomic mass is 16.2. The van der Waals surface area contributed by atoms with Gasteiger partial charge in [0.05, 0.1) is 23.6 Å². The summed E-state index contributed by atoms with van der Waals surface area (Å²) in [5.74, 6) is -2.97. The number of anilines is 1. The van der Waals surface area contributed by atoms with Crippen LogP contribution in [0.1, 0.15) is 12.5 Å². The van der Waals surface area contributed by atoms with E-state index >= 15 is 0 Å². The molecule has 0 bridgehead atoms. The molecule has 0 radical (unpaired) electrons. The van der Waals surface area contributed by atoms with Gasteiger partial charge in [0, 0.05) is 32.7 Å². The fraction of sp³-hybridized carbons (Fsp3) is 0.357. The molecule has 37 heavy (non-hydrogen) atoms. The maximum Gasteiger partial charge on any atom is 0.318 e. The lowest BCUT2D eigenvalue weighted by Gasteiger charge is -2.36. The minimum Gasteiger partial charge on any atom is -0.338 e. The van der Waals surface area contributed by atoms with Crippen molar-refractivity contribution < 1.29 is 19.2 Å². The Labute approximate surface area is 216 Å². The van der Waals surface area contributed by atoms with E-state index in [1.807, 2.05) is 42.5 Å². The van der Waals surface area contributed by atoms with Crippen molar-refractivity contribution in [1.82, 2.24) is 20.4 Å². The fourth-order valence-corrected chi connectivity index (χ4v) is 5.60. The quantitative estimate of drug-likeness (QED) is 0.608. The van der Waals surface area contributed by atoms with Crippen LogP contribution in [0.3, 0.4) is 0 Å². The Morgan fingerprint density at radius 3 is 2.22 bits per heavy atom. The third-order valence-corrected chi connectivity index (χ3v) is 7.27. The van der Waals surface area contributed by atoms with E-state index in [0.717, 1.165) is 5.56 Å². The first kappa shape index (κ1) is 24.7. The standard InChI is InChI=1S/C28H31N5O4/c1-2-30-28(37)33-21(14-13-19-9-5-3-6-10-19)22-23(24(33)27(36)31-17-15-29-16-18-31)26(35)32(25(22)34)20-11-7-4-8-12-20/h3-14,21-24,29H,2,15-18H2,1H3,(H,30,37). The average Bonchev–Trinajstić information content (AvgIpc) is 3.41. The van der Waals surface area contributed by atoms with Crippen LogP contribution in [0.2, 0.25) is 0 Å². The second-order valence-electron chi connectivity index (χ2n) is 9.42. The molecule has 5 rings (SSSR count). The third kappa shape index (κ3) is 4.51. The van der Waals surface area contributed by atoms with Crippen LogP contribution in [0.25, 0.3) is 6.08 Å². The topological polar surface area (TPSA) is 102 Å². The van der Waals surface area contributed by atoms with Gasteiger partial charge in [0.15, 0.2) is 0 Å². The Balaban J connectivity index is 1.60. The van der Waals surface area contributed by atoms with E-state index in [1.54, 1.807) is 42.2 Å². The molecule has 0 saturated carbocycles. The summed E-state index contributed by atoms with van der Waals surface area (Å²) in [5.41, 5.74) is 1.36. The number of nitrogens with zero attached hydrogens (tertiary/aromatic N) is 3. The number of para-hydroxylation sites is 1. The van der Waals surface area contributed by atoms with Crippen molar-refractivity contribution >= 4 is 35.5 Å². The van der Waals surface area contributed by atoms with Gasteiger partial charge in [-0.25, -0.2) is 9.69 Å². The number of hydrogen-bond acceptors (Lipinski definition) is 5. The van der Waals surface area contributed by atoms with E-state index in [9.17, 15) is 19.2 Å². The summed E-state index contributed by atoms with van der Waals surface area (Å²) >= 11 is 0. The Morgan fingerprint density at radius 1 is 0.946 bits per heavy atom. The monoisotopic (exact) mass is 501 g/mol. The summed E-state index contributed by atoms with van der Waals surface area (Å²) in [4.78, 5) is 59.4. The highest BCUT2D eigenvalue weighted by Gasteiger charge is 2.65. The number of urea groups is 1. The number of carbonyl (C=O) groups excluding carboxylic acids is 4. The molecule has 0 aromatic heterocycles. The van der Waals surface area contributed by atoms with Gasteiger partial charge in [-0.05, 0) is 24.6 Å². The zero-order chi connectivity index (χ0) is 25.9. The van der Waals surface area contributed by atoms with Crippen LogP contribution in [-0.4, -0.2) is 78.4 Å². The summed E-state index contributed by atoms with van der Waals surface area (Å²) in [6.07, 6.45) is 3.63. The summed E-state index contributed by atoms with van der Waals surface area (Å²) in [7, 11) is 0. The lowest BCUT2D eigenvalue weighted by Crippen LogP contribution is -2.58. The van der Waals surface area contributed by atoms with Crippen LogP contribution in [0.5, 0.6) is 0 Å². The van der Waals surface area contributed by atoms with Crippen LogP contribution >= 0.6 is 0 Å². The first-order chi connectivity index (χ1) is 18.0. The molecule has 4 unspecified atom stereocenters. The molecule has 3 heterocycles. The average molecular weight is 502 g/mol. The van der Waals surface area contributed by atoms with E-state index in [0.29, 0.717) is 38.4 Å². The van der Waals surface area contributed by atoms with E-state index in [2.05, 4.69) is 10.6 Å². The van der Waals surface area contributed by atoms with Crippen LogP contribution in [-0.2, 0) is 14.4 Å². The van der Waals surface area contributed by atoms with Crippen molar-refractivity contribution in [3.63, 3.8) is 0 Å². The second-order valence-corrected chi connectivity index (χ2v) is 9.42. The Morgan fingerprint density at radius 2 is 1.57 bits per heavy atom. The van der Waals surface area contributed by atoms with Crippen molar-refractivity contribution in [3.05, 3.63) is 72.3 Å². The van der Waals surface area contributed by atoms with Gasteiger partial charge in [0.2, 0.25) is 17.7 Å². The van der Waals surface area contributed by atoms with E-state index < -0.39 is 41.8 Å². The van der Waals surface area contributed by atoms with Crippen LogP contribution in [0.4, 0.5) is 10.5 Å². The number of benzene rings is 2. The van der Waals surface area contributed by atoms with Gasteiger partial charge in [-0.1, -0.05) is 60.7 Å². The fourth-order valence-electron chi connectivity index (χ4n) is 5.60. The normalized spacial score (nSPS) is 25.6. The Bertz CT molecular complexity index is 1200. The second kappa shape index (κ2) is 10.6. The number of hydrogen-bond donors (Lipinski definition) is 2. The Hall–Kier alpha value is -3.98. The van der Waals surface area contributed by atoms with Crippen molar-refractivity contribution in [3.8, 4) is 0 Å². The summed E-state index contributed by atoms with van der Waals surface area (Å²) in [5, 5.41) is 6.02. The predicted molar refractivity (Wildman–Crippen MR) is 139 cm³/mol. The molecule has 9 heteroatoms. The van der Waals surface area contributed by atoms with Crippen LogP contribution in [0, 0.1) is 11.8 Å². The van der Waals surface area contributed by atoms with Gasteiger partial charge in [-0.15, -0.1) is 0 Å². The van der Waals surface area contributed by atoms with Crippen molar-refractivity contribution in [2.75, 3.05) is 37.6 Å². The molecule has 3 saturated heterocycles. The van der Waals surface area contributed by atoms with Gasteiger partial charge in [-0.2, -0.15) is 0 Å². The first-order valence-corrected chi connectivity index (χ1v) is 12.7. The smallest absolute Gasteiger partial charge is 0.318 e. The predicted octanol–water partition coefficient (Wildman–Crippen LogP) is 1.72. The number of imide groups is 1. The molecule has 3 fully saturated rings. The largest absolute Gasteiger partial charge is 0.338 e. The lowest BCUT2D eigenvalue weighted by molar-refractivity contribution is -0.139.